The molecule has 1 aliphatic rings. The first-order valence-electron chi connectivity index (χ1n) is 7.90. The van der Waals surface area contributed by atoms with Crippen LogP contribution in [0.4, 0.5) is 11.6 Å². The molecule has 126 valence electrons. The highest BCUT2D eigenvalue weighted by molar-refractivity contribution is 5.94. The van der Waals surface area contributed by atoms with E-state index in [9.17, 15) is 9.59 Å². The number of nitrogens with one attached hydrogen (secondary N) is 2. The van der Waals surface area contributed by atoms with Crippen LogP contribution in [0.15, 0.2) is 12.4 Å². The largest absolute Gasteiger partial charge is 0.347 e. The summed E-state index contributed by atoms with van der Waals surface area (Å²) in [5.41, 5.74) is 0.526. The van der Waals surface area contributed by atoms with Crippen LogP contribution in [0.25, 0.3) is 0 Å². The van der Waals surface area contributed by atoms with Crippen molar-refractivity contribution in [2.24, 2.45) is 0 Å². The van der Waals surface area contributed by atoms with Gasteiger partial charge in [0.1, 0.15) is 0 Å². The quantitative estimate of drug-likeness (QED) is 0.772. The molecule has 1 aromatic heterocycles. The molecule has 8 heteroatoms. The molecule has 2 amide bonds. The fraction of sp³-hybridized carbons (Fsp3) is 0.600. The van der Waals surface area contributed by atoms with Gasteiger partial charge in [-0.2, -0.15) is 0 Å². The van der Waals surface area contributed by atoms with Crippen molar-refractivity contribution < 1.29 is 9.59 Å². The standard InChI is InChI=1S/C15H24N6O2/c1-3-4-13(22)16-11-14(23)19-12-9-17-15(18-10-12)21-7-5-20(2)6-8-21/h9-10H,3-8,11H2,1-2H3,(H,16,22)(H,19,23). The number of anilines is 2. The van der Waals surface area contributed by atoms with Gasteiger partial charge in [0.25, 0.3) is 0 Å². The Labute approximate surface area is 136 Å². The highest BCUT2D eigenvalue weighted by Crippen LogP contribution is 2.12. The molecule has 8 nitrogen and oxygen atoms in total. The molecular formula is C15H24N6O2. The topological polar surface area (TPSA) is 90.5 Å². The van der Waals surface area contributed by atoms with Crippen LogP contribution in [0, 0.1) is 0 Å². The van der Waals surface area contributed by atoms with Crippen LogP contribution in [-0.2, 0) is 9.59 Å². The second-order valence-electron chi connectivity index (χ2n) is 5.64. The summed E-state index contributed by atoms with van der Waals surface area (Å²) in [5.74, 6) is 0.266. The maximum absolute atomic E-state index is 11.7. The minimum Gasteiger partial charge on any atom is -0.347 e. The number of amides is 2. The van der Waals surface area contributed by atoms with Gasteiger partial charge in [-0.25, -0.2) is 9.97 Å². The molecule has 0 unspecified atom stereocenters. The number of carbonyl (C=O) groups excluding carboxylic acids is 2. The second-order valence-corrected chi connectivity index (χ2v) is 5.64. The SMILES string of the molecule is CCCC(=O)NCC(=O)Nc1cnc(N2CCN(C)CC2)nc1. The fourth-order valence-corrected chi connectivity index (χ4v) is 2.26. The van der Waals surface area contributed by atoms with Gasteiger partial charge in [-0.1, -0.05) is 6.92 Å². The summed E-state index contributed by atoms with van der Waals surface area (Å²) in [5, 5.41) is 5.24. The minimum absolute atomic E-state index is 0.0426. The number of hydrogen-bond acceptors (Lipinski definition) is 6. The molecule has 1 saturated heterocycles. The number of aromatic nitrogens is 2. The van der Waals surface area contributed by atoms with Gasteiger partial charge in [-0.15, -0.1) is 0 Å². The number of likely N-dealkylation sites (N-methyl/N-ethyl adjacent to an activating group) is 1. The van der Waals surface area contributed by atoms with Crippen LogP contribution >= 0.6 is 0 Å². The lowest BCUT2D eigenvalue weighted by molar-refractivity contribution is -0.124. The van der Waals surface area contributed by atoms with Gasteiger partial charge in [0.05, 0.1) is 24.6 Å². The van der Waals surface area contributed by atoms with Gasteiger partial charge in [-0.3, -0.25) is 9.59 Å². The minimum atomic E-state index is -0.287. The summed E-state index contributed by atoms with van der Waals surface area (Å²) in [7, 11) is 2.09. The van der Waals surface area contributed by atoms with Crippen molar-refractivity contribution in [3.63, 3.8) is 0 Å². The zero-order valence-corrected chi connectivity index (χ0v) is 13.7. The maximum atomic E-state index is 11.7. The van der Waals surface area contributed by atoms with E-state index in [1.54, 1.807) is 12.4 Å². The molecule has 2 heterocycles. The van der Waals surface area contributed by atoms with Gasteiger partial charge in [-0.05, 0) is 13.5 Å². The molecule has 0 radical (unpaired) electrons. The van der Waals surface area contributed by atoms with Gasteiger partial charge >= 0.3 is 0 Å². The van der Waals surface area contributed by atoms with Gasteiger partial charge < -0.3 is 20.4 Å². The summed E-state index contributed by atoms with van der Waals surface area (Å²) < 4.78 is 0. The number of rotatable bonds is 6. The van der Waals surface area contributed by atoms with Crippen LogP contribution in [0.1, 0.15) is 19.8 Å². The molecule has 1 fully saturated rings. The van der Waals surface area contributed by atoms with Crippen molar-refractivity contribution in [2.75, 3.05) is 50.0 Å². The van der Waals surface area contributed by atoms with Gasteiger partial charge in [0, 0.05) is 32.6 Å². The normalized spacial score (nSPS) is 15.3. The average Bonchev–Trinajstić information content (AvgIpc) is 2.55. The smallest absolute Gasteiger partial charge is 0.243 e. The number of nitrogens with zero attached hydrogens (tertiary/aromatic N) is 4. The van der Waals surface area contributed by atoms with E-state index in [4.69, 9.17) is 0 Å². The number of piperazine rings is 1. The van der Waals surface area contributed by atoms with Crippen molar-refractivity contribution in [2.45, 2.75) is 19.8 Å². The Hall–Kier alpha value is -2.22. The zero-order chi connectivity index (χ0) is 16.7. The van der Waals surface area contributed by atoms with Crippen molar-refractivity contribution in [1.82, 2.24) is 20.2 Å². The summed E-state index contributed by atoms with van der Waals surface area (Å²) in [6, 6.07) is 0. The molecule has 0 saturated carbocycles. The first-order chi connectivity index (χ1) is 11.1. The molecule has 2 rings (SSSR count). The fourth-order valence-electron chi connectivity index (χ4n) is 2.26. The number of hydrogen-bond donors (Lipinski definition) is 2. The Balaban J connectivity index is 1.80. The van der Waals surface area contributed by atoms with Crippen LogP contribution in [0.3, 0.4) is 0 Å². The van der Waals surface area contributed by atoms with Gasteiger partial charge in [0.15, 0.2) is 0 Å². The molecular weight excluding hydrogens is 296 g/mol. The molecule has 23 heavy (non-hydrogen) atoms. The lowest BCUT2D eigenvalue weighted by Crippen LogP contribution is -2.45. The van der Waals surface area contributed by atoms with Crippen LogP contribution < -0.4 is 15.5 Å². The molecule has 0 aliphatic carbocycles. The van der Waals surface area contributed by atoms with Crippen molar-refractivity contribution in [3.05, 3.63) is 12.4 Å². The van der Waals surface area contributed by atoms with Gasteiger partial charge in [0.2, 0.25) is 17.8 Å². The summed E-state index contributed by atoms with van der Waals surface area (Å²) in [6.07, 6.45) is 4.37. The predicted molar refractivity (Wildman–Crippen MR) is 88.3 cm³/mol. The lowest BCUT2D eigenvalue weighted by atomic mass is 10.3. The van der Waals surface area contributed by atoms with Crippen LogP contribution in [0.2, 0.25) is 0 Å². The Kier molecular flexibility index (Phi) is 6.28. The molecule has 0 aromatic carbocycles. The average molecular weight is 320 g/mol. The Morgan fingerprint density at radius 1 is 1.13 bits per heavy atom. The Morgan fingerprint density at radius 2 is 1.78 bits per heavy atom. The van der Waals surface area contributed by atoms with Crippen molar-refractivity contribution >= 4 is 23.5 Å². The molecule has 0 bridgehead atoms. The first-order valence-corrected chi connectivity index (χ1v) is 7.90. The van der Waals surface area contributed by atoms with Crippen molar-refractivity contribution in [1.29, 1.82) is 0 Å². The predicted octanol–water partition coefficient (Wildman–Crippen LogP) is 0.0832. The maximum Gasteiger partial charge on any atom is 0.243 e. The van der Waals surface area contributed by atoms with E-state index in [1.165, 1.54) is 0 Å². The Bertz CT molecular complexity index is 525. The molecule has 1 aliphatic heterocycles. The van der Waals surface area contributed by atoms with Crippen molar-refractivity contribution in [3.8, 4) is 0 Å². The summed E-state index contributed by atoms with van der Waals surface area (Å²) in [6.45, 7) is 5.63. The third-order valence-corrected chi connectivity index (χ3v) is 3.63. The van der Waals surface area contributed by atoms with Crippen LogP contribution in [-0.4, -0.2) is 66.5 Å². The molecule has 0 spiro atoms. The molecule has 1 aromatic rings. The summed E-state index contributed by atoms with van der Waals surface area (Å²) >= 11 is 0. The van der Waals surface area contributed by atoms with E-state index >= 15 is 0 Å². The summed E-state index contributed by atoms with van der Waals surface area (Å²) in [4.78, 5) is 36.0. The van der Waals surface area contributed by atoms with E-state index in [0.717, 1.165) is 32.6 Å². The van der Waals surface area contributed by atoms with E-state index < -0.39 is 0 Å². The van der Waals surface area contributed by atoms with E-state index in [-0.39, 0.29) is 18.4 Å². The highest BCUT2D eigenvalue weighted by Gasteiger charge is 2.16. The molecule has 2 N–H and O–H groups in total. The third kappa shape index (κ3) is 5.48. The second kappa shape index (κ2) is 8.42. The molecule has 0 atom stereocenters. The zero-order valence-electron chi connectivity index (χ0n) is 13.7. The van der Waals surface area contributed by atoms with E-state index in [2.05, 4.69) is 37.4 Å². The highest BCUT2D eigenvalue weighted by atomic mass is 16.2. The van der Waals surface area contributed by atoms with Crippen LogP contribution in [0.5, 0.6) is 0 Å². The first kappa shape index (κ1) is 17.1. The number of carbonyl (C=O) groups is 2. The Morgan fingerprint density at radius 3 is 2.39 bits per heavy atom. The lowest BCUT2D eigenvalue weighted by Gasteiger charge is -2.32. The van der Waals surface area contributed by atoms with E-state index in [0.29, 0.717) is 18.1 Å². The third-order valence-electron chi connectivity index (χ3n) is 3.63. The van der Waals surface area contributed by atoms with E-state index in [1.807, 2.05) is 6.92 Å². The monoisotopic (exact) mass is 320 g/mol.